The van der Waals surface area contributed by atoms with E-state index in [9.17, 15) is 19.2 Å². The van der Waals surface area contributed by atoms with E-state index in [1.165, 1.54) is 6.07 Å². The van der Waals surface area contributed by atoms with Crippen LogP contribution in [0.15, 0.2) is 146 Å². The summed E-state index contributed by atoms with van der Waals surface area (Å²) in [7, 11) is 0. The number of aromatic nitrogens is 4. The Balaban J connectivity index is 0.000000181. The summed E-state index contributed by atoms with van der Waals surface area (Å²) in [6, 6.07) is 39.8. The second-order valence-electron chi connectivity index (χ2n) is 14.1. The molecule has 0 spiro atoms. The molecular formula is C52H38Cl2N6O5. The molecule has 4 aromatic carbocycles. The number of carboxylic acid groups (broad SMARTS) is 1. The summed E-state index contributed by atoms with van der Waals surface area (Å²) in [6.45, 7) is 3.47. The number of nitrogens with two attached hydrogens (primary N) is 1. The molecular weight excluding hydrogens is 860 g/mol. The van der Waals surface area contributed by atoms with Crippen molar-refractivity contribution in [3.63, 3.8) is 0 Å². The molecule has 13 heteroatoms. The van der Waals surface area contributed by atoms with Gasteiger partial charge in [0.15, 0.2) is 11.6 Å². The number of halogens is 2. The lowest BCUT2D eigenvalue weighted by molar-refractivity contribution is 0.0689. The summed E-state index contributed by atoms with van der Waals surface area (Å²) in [5.41, 5.74) is 12.2. The number of hydrogen-bond acceptors (Lipinski definition) is 9. The fraction of sp³-hybridized carbons (Fsp3) is 0.0769. The highest BCUT2D eigenvalue weighted by Crippen LogP contribution is 2.21. The molecule has 0 aliphatic carbocycles. The van der Waals surface area contributed by atoms with Crippen molar-refractivity contribution in [3.05, 3.63) is 212 Å². The number of amides is 1. The minimum atomic E-state index is -1.06. The fourth-order valence-corrected chi connectivity index (χ4v) is 6.87. The molecule has 1 amide bonds. The monoisotopic (exact) mass is 896 g/mol. The van der Waals surface area contributed by atoms with Gasteiger partial charge in [-0.05, 0) is 97.5 Å². The van der Waals surface area contributed by atoms with Crippen molar-refractivity contribution in [2.45, 2.75) is 13.8 Å². The van der Waals surface area contributed by atoms with Gasteiger partial charge < -0.3 is 16.2 Å². The fourth-order valence-electron chi connectivity index (χ4n) is 6.22. The van der Waals surface area contributed by atoms with Crippen molar-refractivity contribution < 1.29 is 24.3 Å². The van der Waals surface area contributed by atoms with Crippen molar-refractivity contribution in [1.82, 2.24) is 25.3 Å². The summed E-state index contributed by atoms with van der Waals surface area (Å²) in [4.78, 5) is 64.1. The van der Waals surface area contributed by atoms with Gasteiger partial charge in [-0.25, -0.2) is 14.8 Å². The second kappa shape index (κ2) is 22.3. The van der Waals surface area contributed by atoms with Crippen LogP contribution in [0, 0.1) is 37.5 Å². The minimum absolute atomic E-state index is 0.00454. The first-order chi connectivity index (χ1) is 31.4. The molecule has 8 aromatic rings. The van der Waals surface area contributed by atoms with Crippen molar-refractivity contribution in [3.8, 4) is 23.7 Å². The molecule has 11 nitrogen and oxygen atoms in total. The lowest BCUT2D eigenvalue weighted by Gasteiger charge is -2.08. The van der Waals surface area contributed by atoms with E-state index in [-0.39, 0.29) is 36.0 Å². The highest BCUT2D eigenvalue weighted by molar-refractivity contribution is 6.34. The number of Topliss-reactive ketones (excluding diaryl/α,β-unsaturated/α-hetero) is 2. The largest absolute Gasteiger partial charge is 0.477 e. The average Bonchev–Trinajstić information content (AvgIpc) is 3.32. The predicted octanol–water partition coefficient (Wildman–Crippen LogP) is 9.12. The van der Waals surface area contributed by atoms with E-state index in [1.54, 1.807) is 73.9 Å². The van der Waals surface area contributed by atoms with Crippen LogP contribution in [0.25, 0.3) is 21.8 Å². The molecule has 0 saturated heterocycles. The number of aryl methyl sites for hydroxylation is 2. The molecule has 4 N–H and O–H groups in total. The van der Waals surface area contributed by atoms with Crippen LogP contribution in [-0.2, 0) is 0 Å². The topological polar surface area (TPSA) is 178 Å². The average molecular weight is 898 g/mol. The molecule has 0 atom stereocenters. The van der Waals surface area contributed by atoms with E-state index < -0.39 is 11.9 Å². The molecule has 320 valence electrons. The van der Waals surface area contributed by atoms with Crippen LogP contribution in [0.4, 0.5) is 0 Å². The van der Waals surface area contributed by atoms with Gasteiger partial charge >= 0.3 is 5.97 Å². The van der Waals surface area contributed by atoms with E-state index in [1.807, 2.05) is 79.7 Å². The molecule has 65 heavy (non-hydrogen) atoms. The molecule has 8 rings (SSSR count). The number of nitrogens with one attached hydrogen (secondary N) is 1. The third-order valence-electron chi connectivity index (χ3n) is 9.40. The molecule has 4 heterocycles. The Hall–Kier alpha value is -8.06. The van der Waals surface area contributed by atoms with Crippen LogP contribution in [0.1, 0.15) is 75.3 Å². The maximum absolute atomic E-state index is 12.5. The van der Waals surface area contributed by atoms with Crippen LogP contribution in [0.2, 0.25) is 10.0 Å². The Morgan fingerprint density at radius 1 is 0.585 bits per heavy atom. The number of benzene rings is 4. The van der Waals surface area contributed by atoms with E-state index >= 15 is 0 Å². The normalized spacial score (nSPS) is 10.1. The zero-order valence-corrected chi connectivity index (χ0v) is 36.5. The van der Waals surface area contributed by atoms with Crippen molar-refractivity contribution in [1.29, 1.82) is 0 Å². The summed E-state index contributed by atoms with van der Waals surface area (Å²) >= 11 is 12.0. The van der Waals surface area contributed by atoms with Gasteiger partial charge in [-0.3, -0.25) is 24.4 Å². The molecule has 0 aliphatic rings. The van der Waals surface area contributed by atoms with Gasteiger partial charge in [0.1, 0.15) is 22.8 Å². The van der Waals surface area contributed by atoms with E-state index in [0.717, 1.165) is 44.1 Å². The first kappa shape index (κ1) is 46.4. The van der Waals surface area contributed by atoms with Crippen LogP contribution < -0.4 is 11.1 Å². The van der Waals surface area contributed by atoms with Crippen molar-refractivity contribution >= 4 is 68.5 Å². The molecule has 0 saturated carbocycles. The lowest BCUT2D eigenvalue weighted by Crippen LogP contribution is -2.30. The summed E-state index contributed by atoms with van der Waals surface area (Å²) in [5.74, 6) is 9.90. The molecule has 0 radical (unpaired) electrons. The van der Waals surface area contributed by atoms with Crippen LogP contribution >= 0.6 is 23.2 Å². The summed E-state index contributed by atoms with van der Waals surface area (Å²) < 4.78 is 0. The summed E-state index contributed by atoms with van der Waals surface area (Å²) in [6.07, 6.45) is 3.39. The maximum atomic E-state index is 12.5. The standard InChI is InChI=1S/C26H18ClN3O2.C17H10N2O2.C9H10ClNO/c1-17-6-4-9-21(27)25(17)24(31)16-29-26(32)23-11-5-8-20(30-23)13-12-18-14-19-7-2-3-10-22(19)28-15-18;20-17(21)16-7-3-5-14(19-16)9-8-12-10-13-4-1-2-6-15(13)18-11-12;1-6-3-2-4-7(10)9(6)8(12)5-11/h2-11,14-15H,16H2,1H3,(H,29,32);1-7,10-11H,(H,20,21);2-4H,5,11H2,1H3. The minimum Gasteiger partial charge on any atom is -0.477 e. The Morgan fingerprint density at radius 2 is 1.05 bits per heavy atom. The number of para-hydroxylation sites is 2. The molecule has 0 unspecified atom stereocenters. The van der Waals surface area contributed by atoms with Crippen molar-refractivity contribution in [2.24, 2.45) is 5.73 Å². The number of pyridine rings is 4. The van der Waals surface area contributed by atoms with Gasteiger partial charge in [-0.1, -0.05) is 108 Å². The number of hydrogen-bond donors (Lipinski definition) is 3. The van der Waals surface area contributed by atoms with E-state index in [2.05, 4.69) is 48.9 Å². The number of aromatic carboxylic acids is 1. The molecule has 0 aliphatic heterocycles. The molecule has 4 aromatic heterocycles. The smallest absolute Gasteiger partial charge is 0.354 e. The van der Waals surface area contributed by atoms with Crippen LogP contribution in [0.3, 0.4) is 0 Å². The highest BCUT2D eigenvalue weighted by Gasteiger charge is 2.16. The summed E-state index contributed by atoms with van der Waals surface area (Å²) in [5, 5.41) is 14.3. The number of rotatable bonds is 7. The van der Waals surface area contributed by atoms with Gasteiger partial charge in [0.2, 0.25) is 0 Å². The Kier molecular flexibility index (Phi) is 16.0. The third-order valence-corrected chi connectivity index (χ3v) is 10.0. The Morgan fingerprint density at radius 3 is 1.54 bits per heavy atom. The number of carboxylic acids is 1. The first-order valence-electron chi connectivity index (χ1n) is 19.9. The lowest BCUT2D eigenvalue weighted by atomic mass is 10.0. The first-order valence-corrected chi connectivity index (χ1v) is 20.6. The van der Waals surface area contributed by atoms with Gasteiger partial charge in [-0.2, -0.15) is 0 Å². The zero-order valence-electron chi connectivity index (χ0n) is 35.0. The number of nitrogens with zero attached hydrogens (tertiary/aromatic N) is 4. The zero-order chi connectivity index (χ0) is 46.3. The van der Waals surface area contributed by atoms with Crippen molar-refractivity contribution in [2.75, 3.05) is 13.1 Å². The third kappa shape index (κ3) is 12.8. The number of fused-ring (bicyclic) bond motifs is 2. The Bertz CT molecular complexity index is 3180. The van der Waals surface area contributed by atoms with Crippen LogP contribution in [0.5, 0.6) is 0 Å². The highest BCUT2D eigenvalue weighted by atomic mass is 35.5. The van der Waals surface area contributed by atoms with Gasteiger partial charge in [-0.15, -0.1) is 0 Å². The molecule has 0 bridgehead atoms. The van der Waals surface area contributed by atoms with Gasteiger partial charge in [0, 0.05) is 45.4 Å². The number of carbonyl (C=O) groups is 4. The van der Waals surface area contributed by atoms with Gasteiger partial charge in [0.25, 0.3) is 5.91 Å². The van der Waals surface area contributed by atoms with E-state index in [0.29, 0.717) is 32.6 Å². The predicted molar refractivity (Wildman–Crippen MR) is 253 cm³/mol. The quantitative estimate of drug-likeness (QED) is 0.103. The second-order valence-corrected chi connectivity index (χ2v) is 14.9. The number of carbonyl (C=O) groups excluding carboxylic acids is 3. The maximum Gasteiger partial charge on any atom is 0.354 e. The number of ketones is 2. The SMILES string of the molecule is Cc1cccc(Cl)c1C(=O)CN.Cc1cccc(Cl)c1C(=O)CNC(=O)c1cccc(C#Cc2cnc3ccccc3c2)n1.O=C(O)c1cccc(C#Cc2cnc3ccccc3c2)n1. The molecule has 0 fully saturated rings. The van der Waals surface area contributed by atoms with Crippen LogP contribution in [-0.4, -0.2) is 61.6 Å². The van der Waals surface area contributed by atoms with Gasteiger partial charge in [0.05, 0.1) is 34.2 Å². The Labute approximate surface area is 384 Å². The van der Waals surface area contributed by atoms with E-state index in [4.69, 9.17) is 34.0 Å².